The van der Waals surface area contributed by atoms with E-state index < -0.39 is 10.0 Å². The Morgan fingerprint density at radius 2 is 1.59 bits per heavy atom. The predicted molar refractivity (Wildman–Crippen MR) is 128 cm³/mol. The Balaban J connectivity index is 0.00000363. The second-order valence-corrected chi connectivity index (χ2v) is 9.94. The number of nitrogens with one attached hydrogen (secondary N) is 1. The monoisotopic (exact) mass is 481 g/mol. The van der Waals surface area contributed by atoms with Crippen LogP contribution in [0.3, 0.4) is 0 Å². The van der Waals surface area contributed by atoms with Crippen molar-refractivity contribution in [3.63, 3.8) is 0 Å². The van der Waals surface area contributed by atoms with E-state index in [0.29, 0.717) is 49.7 Å². The SMILES string of the molecule is Cc1ccc(S(=O)(=O)N2CCN(CCNC(=O)c3ccc(OC(C)C)cc3)CC2)cc1.Cl. The van der Waals surface area contributed by atoms with E-state index in [1.54, 1.807) is 36.4 Å². The van der Waals surface area contributed by atoms with Crippen LogP contribution in [-0.2, 0) is 10.0 Å². The summed E-state index contributed by atoms with van der Waals surface area (Å²) in [6, 6.07) is 14.0. The summed E-state index contributed by atoms with van der Waals surface area (Å²) in [6.07, 6.45) is 0.0898. The first kappa shape index (κ1) is 26.1. The smallest absolute Gasteiger partial charge is 0.251 e. The first-order valence-electron chi connectivity index (χ1n) is 10.6. The standard InChI is InChI=1S/C23H31N3O4S.ClH/c1-18(2)30-21-8-6-20(7-9-21)23(27)24-12-13-25-14-16-26(17-15-25)31(28,29)22-10-4-19(3)5-11-22;/h4-11,18H,12-17H2,1-3H3,(H,24,27);1H. The molecule has 0 saturated carbocycles. The van der Waals surface area contributed by atoms with E-state index in [-0.39, 0.29) is 24.4 Å². The summed E-state index contributed by atoms with van der Waals surface area (Å²) in [5.41, 5.74) is 1.62. The fourth-order valence-electron chi connectivity index (χ4n) is 3.44. The van der Waals surface area contributed by atoms with E-state index >= 15 is 0 Å². The quantitative estimate of drug-likeness (QED) is 0.627. The Morgan fingerprint density at radius 1 is 1.00 bits per heavy atom. The van der Waals surface area contributed by atoms with Gasteiger partial charge in [0.25, 0.3) is 5.91 Å². The number of aryl methyl sites for hydroxylation is 1. The van der Waals surface area contributed by atoms with Crippen LogP contribution in [0, 0.1) is 6.92 Å². The van der Waals surface area contributed by atoms with E-state index in [1.165, 1.54) is 4.31 Å². The number of amides is 1. The topological polar surface area (TPSA) is 79.0 Å². The van der Waals surface area contributed by atoms with Crippen LogP contribution in [0.4, 0.5) is 0 Å². The zero-order valence-corrected chi connectivity index (χ0v) is 20.4. The number of sulfonamides is 1. The Hall–Kier alpha value is -2.13. The molecule has 3 rings (SSSR count). The molecule has 176 valence electrons. The van der Waals surface area contributed by atoms with Crippen LogP contribution in [0.2, 0.25) is 0 Å². The molecular formula is C23H32ClN3O4S. The molecule has 1 aliphatic rings. The molecule has 0 bridgehead atoms. The fourth-order valence-corrected chi connectivity index (χ4v) is 4.86. The highest BCUT2D eigenvalue weighted by Gasteiger charge is 2.28. The first-order valence-corrected chi connectivity index (χ1v) is 12.0. The molecule has 0 atom stereocenters. The molecule has 2 aromatic carbocycles. The van der Waals surface area contributed by atoms with Crippen LogP contribution in [-0.4, -0.2) is 68.9 Å². The predicted octanol–water partition coefficient (Wildman–Crippen LogP) is 2.94. The third-order valence-electron chi connectivity index (χ3n) is 5.19. The van der Waals surface area contributed by atoms with Crippen LogP contribution in [0.1, 0.15) is 29.8 Å². The van der Waals surface area contributed by atoms with E-state index in [1.807, 2.05) is 32.9 Å². The van der Waals surface area contributed by atoms with Crippen LogP contribution in [0.15, 0.2) is 53.4 Å². The number of benzene rings is 2. The first-order chi connectivity index (χ1) is 14.8. The van der Waals surface area contributed by atoms with E-state index in [2.05, 4.69) is 10.2 Å². The molecule has 0 aromatic heterocycles. The molecule has 1 amide bonds. The van der Waals surface area contributed by atoms with Crippen molar-refractivity contribution in [2.75, 3.05) is 39.3 Å². The largest absolute Gasteiger partial charge is 0.491 e. The van der Waals surface area contributed by atoms with Crippen LogP contribution in [0.5, 0.6) is 5.75 Å². The van der Waals surface area contributed by atoms with Crippen molar-refractivity contribution in [2.45, 2.75) is 31.8 Å². The van der Waals surface area contributed by atoms with Gasteiger partial charge in [0, 0.05) is 44.8 Å². The van der Waals surface area contributed by atoms with Gasteiger partial charge in [0.15, 0.2) is 0 Å². The molecule has 32 heavy (non-hydrogen) atoms. The van der Waals surface area contributed by atoms with E-state index in [9.17, 15) is 13.2 Å². The lowest BCUT2D eigenvalue weighted by atomic mass is 10.2. The highest BCUT2D eigenvalue weighted by molar-refractivity contribution is 7.89. The molecule has 0 unspecified atom stereocenters. The maximum Gasteiger partial charge on any atom is 0.251 e. The van der Waals surface area contributed by atoms with Gasteiger partial charge in [-0.05, 0) is 57.2 Å². The number of carbonyl (C=O) groups is 1. The van der Waals surface area contributed by atoms with Gasteiger partial charge in [-0.25, -0.2) is 8.42 Å². The summed E-state index contributed by atoms with van der Waals surface area (Å²) in [6.45, 7) is 9.21. The lowest BCUT2D eigenvalue weighted by Crippen LogP contribution is -2.50. The lowest BCUT2D eigenvalue weighted by Gasteiger charge is -2.34. The third-order valence-corrected chi connectivity index (χ3v) is 7.10. The van der Waals surface area contributed by atoms with Gasteiger partial charge in [0.2, 0.25) is 10.0 Å². The molecule has 0 aliphatic carbocycles. The molecule has 1 heterocycles. The highest BCUT2D eigenvalue weighted by atomic mass is 35.5. The summed E-state index contributed by atoms with van der Waals surface area (Å²) < 4.78 is 32.7. The number of halogens is 1. The molecule has 9 heteroatoms. The summed E-state index contributed by atoms with van der Waals surface area (Å²) in [4.78, 5) is 14.8. The number of carbonyl (C=O) groups excluding carboxylic acids is 1. The van der Waals surface area contributed by atoms with Crippen LogP contribution >= 0.6 is 12.4 Å². The molecule has 1 saturated heterocycles. The van der Waals surface area contributed by atoms with Gasteiger partial charge in [-0.2, -0.15) is 4.31 Å². The minimum Gasteiger partial charge on any atom is -0.491 e. The highest BCUT2D eigenvalue weighted by Crippen LogP contribution is 2.18. The number of nitrogens with zero attached hydrogens (tertiary/aromatic N) is 2. The summed E-state index contributed by atoms with van der Waals surface area (Å²) in [7, 11) is -3.46. The average molecular weight is 482 g/mol. The lowest BCUT2D eigenvalue weighted by molar-refractivity contribution is 0.0945. The van der Waals surface area contributed by atoms with Crippen molar-refractivity contribution in [1.29, 1.82) is 0 Å². The van der Waals surface area contributed by atoms with Crippen molar-refractivity contribution in [3.05, 3.63) is 59.7 Å². The Bertz CT molecular complexity index is 971. The summed E-state index contributed by atoms with van der Waals surface area (Å²) >= 11 is 0. The minimum atomic E-state index is -3.46. The molecule has 0 spiro atoms. The van der Waals surface area contributed by atoms with Gasteiger partial charge in [-0.15, -0.1) is 12.4 Å². The molecule has 2 aromatic rings. The molecule has 0 radical (unpaired) electrons. The van der Waals surface area contributed by atoms with Gasteiger partial charge >= 0.3 is 0 Å². The Labute approximate surface area is 197 Å². The average Bonchev–Trinajstić information content (AvgIpc) is 2.74. The number of hydrogen-bond acceptors (Lipinski definition) is 5. The zero-order valence-electron chi connectivity index (χ0n) is 18.8. The molecule has 1 N–H and O–H groups in total. The normalized spacial score (nSPS) is 15.2. The van der Waals surface area contributed by atoms with Gasteiger partial charge < -0.3 is 10.1 Å². The number of piperazine rings is 1. The van der Waals surface area contributed by atoms with Gasteiger partial charge in [-0.3, -0.25) is 9.69 Å². The van der Waals surface area contributed by atoms with Crippen molar-refractivity contribution < 1.29 is 17.9 Å². The second-order valence-electron chi connectivity index (χ2n) is 8.01. The third kappa shape index (κ3) is 6.93. The maximum absolute atomic E-state index is 12.8. The zero-order chi connectivity index (χ0) is 22.4. The number of rotatable bonds is 8. The molecule has 1 aliphatic heterocycles. The van der Waals surface area contributed by atoms with E-state index in [4.69, 9.17) is 4.74 Å². The minimum absolute atomic E-state index is 0. The summed E-state index contributed by atoms with van der Waals surface area (Å²) in [5.74, 6) is 0.613. The van der Waals surface area contributed by atoms with Crippen LogP contribution in [0.25, 0.3) is 0 Å². The Kier molecular flexibility index (Phi) is 9.51. The number of ether oxygens (including phenoxy) is 1. The van der Waals surface area contributed by atoms with Crippen molar-refractivity contribution in [3.8, 4) is 5.75 Å². The summed E-state index contributed by atoms with van der Waals surface area (Å²) in [5, 5.41) is 2.93. The second kappa shape index (κ2) is 11.7. The molecular weight excluding hydrogens is 450 g/mol. The van der Waals surface area contributed by atoms with Gasteiger partial charge in [0.1, 0.15) is 5.75 Å². The maximum atomic E-state index is 12.8. The molecule has 1 fully saturated rings. The van der Waals surface area contributed by atoms with Gasteiger partial charge in [-0.1, -0.05) is 17.7 Å². The van der Waals surface area contributed by atoms with Crippen molar-refractivity contribution in [1.82, 2.24) is 14.5 Å². The Morgan fingerprint density at radius 3 is 2.16 bits per heavy atom. The van der Waals surface area contributed by atoms with Crippen molar-refractivity contribution >= 4 is 28.3 Å². The van der Waals surface area contributed by atoms with Crippen molar-refractivity contribution in [2.24, 2.45) is 0 Å². The van der Waals surface area contributed by atoms with Gasteiger partial charge in [0.05, 0.1) is 11.0 Å². The molecule has 7 nitrogen and oxygen atoms in total. The fraction of sp³-hybridized carbons (Fsp3) is 0.435. The van der Waals surface area contributed by atoms with E-state index in [0.717, 1.165) is 11.3 Å². The number of hydrogen-bond donors (Lipinski definition) is 1. The van der Waals surface area contributed by atoms with Crippen LogP contribution < -0.4 is 10.1 Å².